The van der Waals surface area contributed by atoms with Crippen LogP contribution >= 0.6 is 0 Å². The average molecular weight is 1130 g/mol. The van der Waals surface area contributed by atoms with Gasteiger partial charge < -0.3 is 18.6 Å². The SMILES string of the molecule is C=C/C=C\c1cc2cc(-c3ccc4c(c3)C(C)(C)c3cc(N(c5ccc(-n6c7ccccc7c7ccccc76)cc5)c5ccc6c(c5)C(C)(C)c5cc(-c7ccc8c(c7)c7ccccc7n8-c7ccccc7)ccc5-6)ccc3-4)ccc2n1-c1ccccc1. The molecular weight excluding hydrogens is 1060 g/mol. The summed E-state index contributed by atoms with van der Waals surface area (Å²) >= 11 is 0. The van der Waals surface area contributed by atoms with E-state index in [0.29, 0.717) is 0 Å². The van der Waals surface area contributed by atoms with Crippen molar-refractivity contribution in [3.05, 3.63) is 320 Å². The molecule has 12 aromatic carbocycles. The zero-order valence-electron chi connectivity index (χ0n) is 49.7. The highest BCUT2D eigenvalue weighted by Gasteiger charge is 2.39. The van der Waals surface area contributed by atoms with Gasteiger partial charge in [-0.15, -0.1) is 0 Å². The molecule has 418 valence electrons. The van der Waals surface area contributed by atoms with Gasteiger partial charge in [-0.1, -0.05) is 186 Å². The van der Waals surface area contributed by atoms with Crippen molar-refractivity contribution in [3.63, 3.8) is 0 Å². The molecule has 4 nitrogen and oxygen atoms in total. The molecule has 0 N–H and O–H groups in total. The van der Waals surface area contributed by atoms with Crippen LogP contribution in [-0.2, 0) is 10.8 Å². The Labute approximate surface area is 513 Å². The van der Waals surface area contributed by atoms with E-state index in [2.05, 4.69) is 332 Å². The largest absolute Gasteiger partial charge is 0.310 e. The number of aromatic nitrogens is 3. The van der Waals surface area contributed by atoms with Crippen LogP contribution < -0.4 is 4.90 Å². The number of allylic oxidation sites excluding steroid dienone is 2. The minimum Gasteiger partial charge on any atom is -0.310 e. The standard InChI is InChI=1S/C84H62N4/c1-6-7-20-63-48-58-47-54(33-45-78(58)86(63)59-21-10-8-11-22-59)56-31-41-66-68-43-39-64(52-76(68)83(2,3)74(66)50-56)85(61-35-37-62(38-36-61)88-79-28-17-14-25-70(79)71-26-15-18-29-80(71)88)65-40-44-69-67-42-32-57(51-75(67)84(4,5)77(69)53-65)55-34-46-82-73(49-55)72-27-16-19-30-81(72)87(82)60-23-12-9-13-24-60/h6-53H,1H2,2-5H3/b20-7-. The van der Waals surface area contributed by atoms with Gasteiger partial charge in [0, 0.05) is 77.6 Å². The fourth-order valence-electron chi connectivity index (χ4n) is 15.1. The van der Waals surface area contributed by atoms with Gasteiger partial charge in [-0.3, -0.25) is 0 Å². The molecular formula is C84H62N4. The Bertz CT molecular complexity index is 5340. The highest BCUT2D eigenvalue weighted by molar-refractivity contribution is 6.11. The van der Waals surface area contributed by atoms with Crippen LogP contribution in [0.5, 0.6) is 0 Å². The maximum Gasteiger partial charge on any atom is 0.0541 e. The lowest BCUT2D eigenvalue weighted by Crippen LogP contribution is -2.18. The van der Waals surface area contributed by atoms with Crippen LogP contribution in [0.15, 0.2) is 292 Å². The first-order valence-electron chi connectivity index (χ1n) is 30.7. The second-order valence-corrected chi connectivity index (χ2v) is 25.0. The lowest BCUT2D eigenvalue weighted by atomic mass is 9.81. The highest BCUT2D eigenvalue weighted by Crippen LogP contribution is 2.55. The summed E-state index contributed by atoms with van der Waals surface area (Å²) in [5.41, 5.74) is 28.7. The summed E-state index contributed by atoms with van der Waals surface area (Å²) < 4.78 is 7.13. The first-order valence-corrected chi connectivity index (χ1v) is 30.7. The van der Waals surface area contributed by atoms with E-state index in [9.17, 15) is 0 Å². The Hall–Kier alpha value is -10.9. The molecule has 2 aliphatic carbocycles. The van der Waals surface area contributed by atoms with Gasteiger partial charge in [0.1, 0.15) is 0 Å². The van der Waals surface area contributed by atoms with Gasteiger partial charge in [-0.05, 0) is 206 Å². The number of nitrogens with zero attached hydrogens (tertiary/aromatic N) is 4. The number of rotatable bonds is 10. The van der Waals surface area contributed by atoms with Crippen molar-refractivity contribution >= 4 is 77.7 Å². The lowest BCUT2D eigenvalue weighted by molar-refractivity contribution is 0.660. The summed E-state index contributed by atoms with van der Waals surface area (Å²) in [6.45, 7) is 13.6. The van der Waals surface area contributed by atoms with Crippen LogP contribution in [0.25, 0.3) is 122 Å². The van der Waals surface area contributed by atoms with Gasteiger partial charge in [0.2, 0.25) is 0 Å². The number of hydrogen-bond donors (Lipinski definition) is 0. The maximum atomic E-state index is 3.96. The molecule has 0 saturated carbocycles. The Kier molecular flexibility index (Phi) is 11.4. The highest BCUT2D eigenvalue weighted by atomic mass is 15.1. The Morgan fingerprint density at radius 1 is 0.318 bits per heavy atom. The van der Waals surface area contributed by atoms with Gasteiger partial charge in [-0.25, -0.2) is 0 Å². The molecule has 88 heavy (non-hydrogen) atoms. The Balaban J connectivity index is 0.758. The molecule has 0 aliphatic heterocycles. The minimum atomic E-state index is -0.283. The van der Waals surface area contributed by atoms with Crippen LogP contribution in [0.4, 0.5) is 17.1 Å². The second kappa shape index (κ2) is 19.5. The first-order chi connectivity index (χ1) is 43.1. The number of fused-ring (bicyclic) bond motifs is 13. The predicted molar refractivity (Wildman–Crippen MR) is 372 cm³/mol. The topological polar surface area (TPSA) is 18.0 Å². The van der Waals surface area contributed by atoms with Crippen molar-refractivity contribution in [1.82, 2.24) is 13.7 Å². The third kappa shape index (κ3) is 7.78. The summed E-state index contributed by atoms with van der Waals surface area (Å²) in [7, 11) is 0. The van der Waals surface area contributed by atoms with Crippen molar-refractivity contribution in [2.45, 2.75) is 38.5 Å². The average Bonchev–Trinajstić information content (AvgIpc) is 1.68. The Morgan fingerprint density at radius 2 is 0.705 bits per heavy atom. The molecule has 0 radical (unpaired) electrons. The molecule has 0 spiro atoms. The number of hydrogen-bond acceptors (Lipinski definition) is 1. The molecule has 0 bridgehead atoms. The number of anilines is 3. The lowest BCUT2D eigenvalue weighted by Gasteiger charge is -2.30. The summed E-state index contributed by atoms with van der Waals surface area (Å²) in [6, 6.07) is 102. The van der Waals surface area contributed by atoms with Crippen molar-refractivity contribution in [2.75, 3.05) is 4.90 Å². The molecule has 0 amide bonds. The predicted octanol–water partition coefficient (Wildman–Crippen LogP) is 22.4. The van der Waals surface area contributed by atoms with E-state index in [1.807, 2.05) is 12.2 Å². The van der Waals surface area contributed by atoms with E-state index in [1.54, 1.807) is 0 Å². The van der Waals surface area contributed by atoms with Crippen molar-refractivity contribution in [2.24, 2.45) is 0 Å². The third-order valence-electron chi connectivity index (χ3n) is 19.4. The molecule has 0 saturated heterocycles. The van der Waals surface area contributed by atoms with Gasteiger partial charge in [0.05, 0.1) is 27.6 Å². The molecule has 15 aromatic rings. The zero-order valence-corrected chi connectivity index (χ0v) is 49.7. The van der Waals surface area contributed by atoms with Crippen molar-refractivity contribution in [1.29, 1.82) is 0 Å². The molecule has 4 heteroatoms. The second-order valence-electron chi connectivity index (χ2n) is 25.0. The molecule has 2 aliphatic rings. The summed E-state index contributed by atoms with van der Waals surface area (Å²) in [5, 5.41) is 6.22. The van der Waals surface area contributed by atoms with Crippen LogP contribution in [0.1, 0.15) is 55.6 Å². The fraction of sp³-hybridized carbons (Fsp3) is 0.0714. The monoisotopic (exact) mass is 1130 g/mol. The van der Waals surface area contributed by atoms with Crippen LogP contribution in [0.2, 0.25) is 0 Å². The third-order valence-corrected chi connectivity index (χ3v) is 19.4. The smallest absolute Gasteiger partial charge is 0.0541 e. The molecule has 3 aromatic heterocycles. The molecule has 0 unspecified atom stereocenters. The van der Waals surface area contributed by atoms with E-state index in [0.717, 1.165) is 34.1 Å². The fourth-order valence-corrected chi connectivity index (χ4v) is 15.1. The molecule has 17 rings (SSSR count). The molecule has 0 atom stereocenters. The zero-order chi connectivity index (χ0) is 59.0. The van der Waals surface area contributed by atoms with Gasteiger partial charge >= 0.3 is 0 Å². The number of benzene rings is 12. The van der Waals surface area contributed by atoms with E-state index in [-0.39, 0.29) is 10.8 Å². The van der Waals surface area contributed by atoms with E-state index >= 15 is 0 Å². The van der Waals surface area contributed by atoms with Gasteiger partial charge in [0.15, 0.2) is 0 Å². The minimum absolute atomic E-state index is 0.281. The number of para-hydroxylation sites is 5. The first kappa shape index (κ1) is 51.5. The Morgan fingerprint density at radius 3 is 1.23 bits per heavy atom. The van der Waals surface area contributed by atoms with E-state index in [4.69, 9.17) is 0 Å². The summed E-state index contributed by atoms with van der Waals surface area (Å²) in [6.07, 6.45) is 5.99. The van der Waals surface area contributed by atoms with Gasteiger partial charge in [0.25, 0.3) is 0 Å². The van der Waals surface area contributed by atoms with E-state index < -0.39 is 0 Å². The normalized spacial score (nSPS) is 13.6. The van der Waals surface area contributed by atoms with Crippen molar-refractivity contribution < 1.29 is 0 Å². The van der Waals surface area contributed by atoms with Crippen LogP contribution in [0.3, 0.4) is 0 Å². The summed E-state index contributed by atoms with van der Waals surface area (Å²) in [4.78, 5) is 2.49. The van der Waals surface area contributed by atoms with Crippen LogP contribution in [-0.4, -0.2) is 13.7 Å². The van der Waals surface area contributed by atoms with Gasteiger partial charge in [-0.2, -0.15) is 0 Å². The van der Waals surface area contributed by atoms with E-state index in [1.165, 1.54) is 127 Å². The quantitative estimate of drug-likeness (QED) is 0.125. The summed E-state index contributed by atoms with van der Waals surface area (Å²) in [5.74, 6) is 0. The van der Waals surface area contributed by atoms with Crippen LogP contribution in [0, 0.1) is 0 Å². The van der Waals surface area contributed by atoms with Crippen molar-refractivity contribution in [3.8, 4) is 61.6 Å². The molecule has 0 fully saturated rings. The maximum absolute atomic E-state index is 3.96. The molecule has 3 heterocycles.